The van der Waals surface area contributed by atoms with Crippen molar-refractivity contribution in [1.82, 2.24) is 4.90 Å². The lowest BCUT2D eigenvalue weighted by Gasteiger charge is -2.45. The normalized spacial score (nSPS) is 31.3. The lowest BCUT2D eigenvalue weighted by atomic mass is 9.86. The van der Waals surface area contributed by atoms with Crippen LogP contribution in [0.4, 0.5) is 0 Å². The highest BCUT2D eigenvalue weighted by Crippen LogP contribution is 2.40. The molecule has 0 amide bonds. The molecule has 2 aliphatic heterocycles. The van der Waals surface area contributed by atoms with Crippen molar-refractivity contribution in [2.75, 3.05) is 6.54 Å². The van der Waals surface area contributed by atoms with Gasteiger partial charge in [-0.2, -0.15) is 0 Å². The van der Waals surface area contributed by atoms with Crippen LogP contribution in [0, 0.1) is 6.92 Å². The van der Waals surface area contributed by atoms with E-state index in [-0.39, 0.29) is 0 Å². The van der Waals surface area contributed by atoms with Crippen LogP contribution in [0.1, 0.15) is 55.0 Å². The molecule has 88 valence electrons. The molecule has 0 aliphatic carbocycles. The van der Waals surface area contributed by atoms with Crippen LogP contribution < -0.4 is 0 Å². The molecule has 2 fully saturated rings. The number of hydrogen-bond donors (Lipinski definition) is 0. The minimum atomic E-state index is 0.741. The molecule has 2 unspecified atom stereocenters. The summed E-state index contributed by atoms with van der Waals surface area (Å²) in [5.41, 5.74) is 1.62. The molecule has 3 heterocycles. The van der Waals surface area contributed by atoms with Crippen molar-refractivity contribution < 1.29 is 0 Å². The van der Waals surface area contributed by atoms with E-state index in [9.17, 15) is 0 Å². The fraction of sp³-hybridized carbons (Fsp3) is 0.714. The quantitative estimate of drug-likeness (QED) is 0.707. The number of piperidine rings is 2. The molecule has 1 aromatic rings. The topological polar surface area (TPSA) is 3.24 Å². The second-order valence-electron chi connectivity index (χ2n) is 5.27. The molecular formula is C14H21NS. The smallest absolute Gasteiger partial charge is 0.0361 e. The zero-order valence-electron chi connectivity index (χ0n) is 10.1. The Kier molecular flexibility index (Phi) is 3.03. The Hall–Kier alpha value is -0.340. The van der Waals surface area contributed by atoms with Gasteiger partial charge < -0.3 is 0 Å². The van der Waals surface area contributed by atoms with Crippen LogP contribution in [-0.4, -0.2) is 17.5 Å². The van der Waals surface area contributed by atoms with Gasteiger partial charge in [0.15, 0.2) is 0 Å². The van der Waals surface area contributed by atoms with Crippen LogP contribution in [0.25, 0.3) is 0 Å². The number of nitrogens with zero attached hydrogens (tertiary/aromatic N) is 1. The number of fused-ring (bicyclic) bond motifs is 1. The lowest BCUT2D eigenvalue weighted by Crippen LogP contribution is -2.44. The van der Waals surface area contributed by atoms with Gasteiger partial charge in [-0.1, -0.05) is 6.42 Å². The minimum Gasteiger partial charge on any atom is -0.293 e. The third-order valence-corrected chi connectivity index (χ3v) is 5.21. The first-order valence-electron chi connectivity index (χ1n) is 6.66. The van der Waals surface area contributed by atoms with Crippen LogP contribution in [0.15, 0.2) is 11.4 Å². The first kappa shape index (κ1) is 10.8. The summed E-state index contributed by atoms with van der Waals surface area (Å²) in [5, 5.41) is 2.26. The molecule has 1 aromatic heterocycles. The molecule has 0 bridgehead atoms. The summed E-state index contributed by atoms with van der Waals surface area (Å²) >= 11 is 1.91. The van der Waals surface area contributed by atoms with Gasteiger partial charge in [0, 0.05) is 17.0 Å². The van der Waals surface area contributed by atoms with Gasteiger partial charge in [-0.15, -0.1) is 11.3 Å². The van der Waals surface area contributed by atoms with Crippen LogP contribution in [0.3, 0.4) is 0 Å². The first-order valence-corrected chi connectivity index (χ1v) is 7.54. The molecule has 3 rings (SSSR count). The Labute approximate surface area is 102 Å². The van der Waals surface area contributed by atoms with Crippen molar-refractivity contribution in [1.29, 1.82) is 0 Å². The third-order valence-electron chi connectivity index (χ3n) is 4.35. The van der Waals surface area contributed by atoms with Crippen molar-refractivity contribution in [2.45, 2.75) is 57.5 Å². The second kappa shape index (κ2) is 4.50. The molecule has 2 heteroatoms. The monoisotopic (exact) mass is 235 g/mol. The molecular weight excluding hydrogens is 214 g/mol. The summed E-state index contributed by atoms with van der Waals surface area (Å²) in [4.78, 5) is 4.35. The molecule has 0 spiro atoms. The van der Waals surface area contributed by atoms with E-state index in [0.29, 0.717) is 0 Å². The van der Waals surface area contributed by atoms with Crippen LogP contribution in [-0.2, 0) is 0 Å². The van der Waals surface area contributed by atoms with Crippen LogP contribution >= 0.6 is 11.3 Å². The lowest BCUT2D eigenvalue weighted by molar-refractivity contribution is 0.0518. The van der Waals surface area contributed by atoms with Crippen LogP contribution in [0.2, 0.25) is 0 Å². The summed E-state index contributed by atoms with van der Waals surface area (Å²) in [6.07, 6.45) is 8.57. The van der Waals surface area contributed by atoms with E-state index in [1.165, 1.54) is 49.9 Å². The van der Waals surface area contributed by atoms with Gasteiger partial charge in [-0.3, -0.25) is 4.90 Å². The molecule has 1 nitrogen and oxygen atoms in total. The van der Waals surface area contributed by atoms with Gasteiger partial charge in [0.25, 0.3) is 0 Å². The maximum Gasteiger partial charge on any atom is 0.0361 e. The average Bonchev–Trinajstić information content (AvgIpc) is 2.75. The SMILES string of the molecule is Cc1sccc1C1CCCC2CCCCN21. The Balaban J connectivity index is 1.86. The zero-order valence-corrected chi connectivity index (χ0v) is 10.9. The van der Waals surface area contributed by atoms with E-state index >= 15 is 0 Å². The molecule has 16 heavy (non-hydrogen) atoms. The minimum absolute atomic E-state index is 0.741. The highest BCUT2D eigenvalue weighted by Gasteiger charge is 2.33. The summed E-state index contributed by atoms with van der Waals surface area (Å²) in [6, 6.07) is 4.00. The first-order chi connectivity index (χ1) is 7.86. The molecule has 0 N–H and O–H groups in total. The van der Waals surface area contributed by atoms with E-state index in [1.54, 1.807) is 5.56 Å². The Bertz CT molecular complexity index is 355. The predicted molar refractivity (Wildman–Crippen MR) is 70.0 cm³/mol. The molecule has 2 saturated heterocycles. The van der Waals surface area contributed by atoms with Gasteiger partial charge in [0.2, 0.25) is 0 Å². The van der Waals surface area contributed by atoms with E-state index in [2.05, 4.69) is 23.3 Å². The zero-order chi connectivity index (χ0) is 11.0. The molecule has 0 radical (unpaired) electrons. The maximum atomic E-state index is 2.81. The number of thiophene rings is 1. The molecule has 2 atom stereocenters. The summed E-state index contributed by atoms with van der Waals surface area (Å²) in [7, 11) is 0. The van der Waals surface area contributed by atoms with E-state index < -0.39 is 0 Å². The second-order valence-corrected chi connectivity index (χ2v) is 6.39. The number of rotatable bonds is 1. The fourth-order valence-electron chi connectivity index (χ4n) is 3.53. The highest BCUT2D eigenvalue weighted by atomic mass is 32.1. The Morgan fingerprint density at radius 2 is 2.06 bits per heavy atom. The van der Waals surface area contributed by atoms with Gasteiger partial charge in [-0.25, -0.2) is 0 Å². The summed E-state index contributed by atoms with van der Waals surface area (Å²) in [5.74, 6) is 0. The van der Waals surface area contributed by atoms with Crippen molar-refractivity contribution in [3.05, 3.63) is 21.9 Å². The molecule has 2 aliphatic rings. The average molecular weight is 235 g/mol. The van der Waals surface area contributed by atoms with Gasteiger partial charge in [0.05, 0.1) is 0 Å². The van der Waals surface area contributed by atoms with Gasteiger partial charge in [0.1, 0.15) is 0 Å². The summed E-state index contributed by atoms with van der Waals surface area (Å²) in [6.45, 7) is 3.62. The van der Waals surface area contributed by atoms with Crippen molar-refractivity contribution in [3.8, 4) is 0 Å². The number of aryl methyl sites for hydroxylation is 1. The van der Waals surface area contributed by atoms with Gasteiger partial charge >= 0.3 is 0 Å². The van der Waals surface area contributed by atoms with Crippen LogP contribution in [0.5, 0.6) is 0 Å². The van der Waals surface area contributed by atoms with Crippen molar-refractivity contribution in [3.63, 3.8) is 0 Å². The predicted octanol–water partition coefficient (Wildman–Crippen LogP) is 4.14. The highest BCUT2D eigenvalue weighted by molar-refractivity contribution is 7.10. The fourth-order valence-corrected chi connectivity index (χ4v) is 4.29. The number of hydrogen-bond acceptors (Lipinski definition) is 2. The van der Waals surface area contributed by atoms with E-state index in [1.807, 2.05) is 11.3 Å². The van der Waals surface area contributed by atoms with Crippen molar-refractivity contribution >= 4 is 11.3 Å². The standard InChI is InChI=1S/C14H21NS/c1-11-13(8-10-16-11)14-7-4-6-12-5-2-3-9-15(12)14/h8,10,12,14H,2-7,9H2,1H3. The molecule has 0 aromatic carbocycles. The van der Waals surface area contributed by atoms with Crippen molar-refractivity contribution in [2.24, 2.45) is 0 Å². The largest absolute Gasteiger partial charge is 0.293 e. The van der Waals surface area contributed by atoms with E-state index in [4.69, 9.17) is 0 Å². The maximum absolute atomic E-state index is 2.81. The van der Waals surface area contributed by atoms with Gasteiger partial charge in [-0.05, 0) is 62.6 Å². The van der Waals surface area contributed by atoms with E-state index in [0.717, 1.165) is 12.1 Å². The Morgan fingerprint density at radius 3 is 2.88 bits per heavy atom. The Morgan fingerprint density at radius 1 is 1.19 bits per heavy atom. The third kappa shape index (κ3) is 1.82. The molecule has 0 saturated carbocycles. The summed E-state index contributed by atoms with van der Waals surface area (Å²) < 4.78 is 0.